The van der Waals surface area contributed by atoms with Crippen LogP contribution in [0.25, 0.3) is 0 Å². The maximum absolute atomic E-state index is 5.53. The summed E-state index contributed by atoms with van der Waals surface area (Å²) in [4.78, 5) is 0. The van der Waals surface area contributed by atoms with Crippen molar-refractivity contribution in [2.45, 2.75) is 38.8 Å². The summed E-state index contributed by atoms with van der Waals surface area (Å²) in [7, 11) is 7.42. The van der Waals surface area contributed by atoms with E-state index in [1.165, 1.54) is 19.2 Å². The normalized spacial score (nSPS) is 34.1. The molecule has 0 aliphatic carbocycles. The van der Waals surface area contributed by atoms with Crippen LogP contribution in [0.4, 0.5) is 0 Å². The fraction of sp³-hybridized carbons (Fsp3) is 1.00. The molecule has 10 heavy (non-hydrogen) atoms. The molecule has 2 unspecified atom stereocenters. The summed E-state index contributed by atoms with van der Waals surface area (Å²) in [5, 5.41) is 0. The molecular formula is C7H14B3-. The van der Waals surface area contributed by atoms with Crippen LogP contribution in [0.5, 0.6) is 0 Å². The molecule has 0 nitrogen and oxygen atoms in total. The number of hydrogen-bond acceptors (Lipinski definition) is 0. The van der Waals surface area contributed by atoms with E-state index in [0.717, 1.165) is 11.7 Å². The van der Waals surface area contributed by atoms with Crippen molar-refractivity contribution in [2.24, 2.45) is 5.92 Å². The van der Waals surface area contributed by atoms with Gasteiger partial charge in [-0.15, -0.1) is 0 Å². The monoisotopic (exact) mass is 131 g/mol. The standard InChI is InChI=1S/C7H14B3/c1-6-4-3-5-10(9-8)7(6)2/h6-7H,3-5H2,1-2H3/q-1. The molecule has 0 aromatic heterocycles. The molecule has 0 aromatic carbocycles. The Morgan fingerprint density at radius 3 is 2.70 bits per heavy atom. The van der Waals surface area contributed by atoms with Crippen LogP contribution in [0.1, 0.15) is 26.7 Å². The quantitative estimate of drug-likeness (QED) is 0.473. The molecule has 1 aliphatic rings. The molecule has 1 rings (SSSR count). The molecule has 3 heteroatoms. The van der Waals surface area contributed by atoms with Crippen LogP contribution >= 0.6 is 0 Å². The van der Waals surface area contributed by atoms with Gasteiger partial charge >= 0.3 is 0 Å². The van der Waals surface area contributed by atoms with Crippen molar-refractivity contribution in [1.29, 1.82) is 0 Å². The molecule has 0 saturated carbocycles. The van der Waals surface area contributed by atoms with E-state index in [9.17, 15) is 0 Å². The summed E-state index contributed by atoms with van der Waals surface area (Å²) < 4.78 is 0. The van der Waals surface area contributed by atoms with Gasteiger partial charge in [-0.3, -0.25) is 0 Å². The van der Waals surface area contributed by atoms with E-state index in [1.807, 2.05) is 7.06 Å². The van der Waals surface area contributed by atoms with Gasteiger partial charge in [0.25, 0.3) is 0 Å². The van der Waals surface area contributed by atoms with Gasteiger partial charge in [0.2, 0.25) is 0 Å². The van der Waals surface area contributed by atoms with Crippen molar-refractivity contribution in [3.63, 3.8) is 0 Å². The number of rotatable bonds is 1. The zero-order valence-corrected chi connectivity index (χ0v) is 7.01. The SMILES string of the molecule is [B-][B]B1CCCC(C)C1C. The smallest absolute Gasteiger partial charge is 0.0545 e. The lowest BCUT2D eigenvalue weighted by atomic mass is 9.07. The van der Waals surface area contributed by atoms with Crippen molar-refractivity contribution < 1.29 is 0 Å². The van der Waals surface area contributed by atoms with E-state index in [1.54, 1.807) is 0 Å². The largest absolute Gasteiger partial charge is 0.689 e. The molecule has 0 N–H and O–H groups in total. The second-order valence-corrected chi connectivity index (χ2v) is 3.62. The van der Waals surface area contributed by atoms with Gasteiger partial charge in [0.05, 0.1) is 6.60 Å². The van der Waals surface area contributed by atoms with E-state index in [4.69, 9.17) is 7.74 Å². The van der Waals surface area contributed by atoms with E-state index in [2.05, 4.69) is 13.8 Å². The van der Waals surface area contributed by atoms with Crippen LogP contribution in [0.3, 0.4) is 0 Å². The predicted molar refractivity (Wildman–Crippen MR) is 49.9 cm³/mol. The lowest BCUT2D eigenvalue weighted by Crippen LogP contribution is -2.34. The van der Waals surface area contributed by atoms with Gasteiger partial charge in [-0.25, -0.2) is 7.06 Å². The minimum atomic E-state index is 0.684. The first-order chi connectivity index (χ1) is 4.75. The van der Waals surface area contributed by atoms with Crippen molar-refractivity contribution >= 4 is 21.4 Å². The number of hydrogen-bond donors (Lipinski definition) is 0. The van der Waals surface area contributed by atoms with Crippen LogP contribution in [0, 0.1) is 5.92 Å². The maximum Gasteiger partial charge on any atom is 0.0545 e. The highest BCUT2D eigenvalue weighted by Crippen LogP contribution is 2.32. The highest BCUT2D eigenvalue weighted by Gasteiger charge is 2.24. The van der Waals surface area contributed by atoms with Gasteiger partial charge in [-0.2, -0.15) is 0 Å². The highest BCUT2D eigenvalue weighted by molar-refractivity contribution is 7.31. The molecule has 0 spiro atoms. The van der Waals surface area contributed by atoms with E-state index in [0.29, 0.717) is 6.60 Å². The minimum Gasteiger partial charge on any atom is -0.689 e. The third-order valence-electron chi connectivity index (χ3n) is 3.02. The topological polar surface area (TPSA) is 0 Å². The second-order valence-electron chi connectivity index (χ2n) is 3.62. The van der Waals surface area contributed by atoms with Gasteiger partial charge in [0, 0.05) is 0 Å². The summed E-state index contributed by atoms with van der Waals surface area (Å²) in [5.41, 5.74) is 0. The van der Waals surface area contributed by atoms with Gasteiger partial charge < -0.3 is 7.74 Å². The summed E-state index contributed by atoms with van der Waals surface area (Å²) in [6.07, 6.45) is 4.07. The van der Waals surface area contributed by atoms with Crippen molar-refractivity contribution in [3.8, 4) is 0 Å². The Labute approximate surface area is 66.9 Å². The molecule has 0 bridgehead atoms. The fourth-order valence-electron chi connectivity index (χ4n) is 1.89. The first-order valence-electron chi connectivity index (χ1n) is 4.30. The first kappa shape index (κ1) is 8.29. The van der Waals surface area contributed by atoms with Gasteiger partial charge in [-0.1, -0.05) is 38.8 Å². The average Bonchev–Trinajstić information content (AvgIpc) is 1.95. The van der Waals surface area contributed by atoms with E-state index >= 15 is 0 Å². The Morgan fingerprint density at radius 1 is 1.50 bits per heavy atom. The molecule has 1 fully saturated rings. The fourth-order valence-corrected chi connectivity index (χ4v) is 1.89. The molecule has 1 aliphatic heterocycles. The van der Waals surface area contributed by atoms with Crippen molar-refractivity contribution in [2.75, 3.05) is 0 Å². The van der Waals surface area contributed by atoms with Crippen LogP contribution in [-0.2, 0) is 0 Å². The summed E-state index contributed by atoms with van der Waals surface area (Å²) in [6, 6.07) is 0. The Bertz CT molecular complexity index is 105. The van der Waals surface area contributed by atoms with E-state index < -0.39 is 0 Å². The third-order valence-corrected chi connectivity index (χ3v) is 3.02. The third kappa shape index (κ3) is 1.62. The van der Waals surface area contributed by atoms with Gasteiger partial charge in [0.15, 0.2) is 0 Å². The molecule has 1 saturated heterocycles. The molecular weight excluding hydrogens is 117 g/mol. The van der Waals surface area contributed by atoms with Crippen LogP contribution in [0.15, 0.2) is 0 Å². The summed E-state index contributed by atoms with van der Waals surface area (Å²) >= 11 is 0. The minimum absolute atomic E-state index is 0.684. The molecule has 1 heterocycles. The van der Waals surface area contributed by atoms with Crippen LogP contribution in [0.2, 0.25) is 12.1 Å². The molecule has 4 radical (unpaired) electrons. The molecule has 0 amide bonds. The predicted octanol–water partition coefficient (Wildman–Crippen LogP) is 1.59. The van der Waals surface area contributed by atoms with Gasteiger partial charge in [0.1, 0.15) is 0 Å². The molecule has 2 atom stereocenters. The van der Waals surface area contributed by atoms with Crippen molar-refractivity contribution in [3.05, 3.63) is 0 Å². The highest BCUT2D eigenvalue weighted by atomic mass is 14.1. The van der Waals surface area contributed by atoms with Crippen molar-refractivity contribution in [1.82, 2.24) is 0 Å². The summed E-state index contributed by atoms with van der Waals surface area (Å²) in [5.74, 6) is 1.68. The zero-order chi connectivity index (χ0) is 7.56. The lowest BCUT2D eigenvalue weighted by Gasteiger charge is -2.35. The Hall–Kier alpha value is 0.195. The van der Waals surface area contributed by atoms with E-state index in [-0.39, 0.29) is 0 Å². The first-order valence-corrected chi connectivity index (χ1v) is 4.30. The maximum atomic E-state index is 5.53. The second kappa shape index (κ2) is 3.55. The Kier molecular flexibility index (Phi) is 2.94. The van der Waals surface area contributed by atoms with Gasteiger partial charge in [-0.05, 0) is 5.92 Å². The Morgan fingerprint density at radius 2 is 2.20 bits per heavy atom. The Balaban J connectivity index is 2.42. The van der Waals surface area contributed by atoms with Crippen LogP contribution in [-0.4, -0.2) is 21.4 Å². The summed E-state index contributed by atoms with van der Waals surface area (Å²) in [6.45, 7) is 5.34. The van der Waals surface area contributed by atoms with Crippen LogP contribution < -0.4 is 0 Å². The zero-order valence-electron chi connectivity index (χ0n) is 7.01. The molecule has 0 aromatic rings. The average molecular weight is 131 g/mol. The molecule has 52 valence electrons. The lowest BCUT2D eigenvalue weighted by molar-refractivity contribution is 0.479.